The number of alkyl halides is 3. The highest BCUT2D eigenvalue weighted by molar-refractivity contribution is 5.99. The van der Waals surface area contributed by atoms with Crippen molar-refractivity contribution in [2.45, 2.75) is 76.3 Å². The molecule has 0 unspecified atom stereocenters. The number of para-hydroxylation sites is 1. The molecule has 350 valence electrons. The van der Waals surface area contributed by atoms with E-state index in [9.17, 15) is 46.3 Å². The van der Waals surface area contributed by atoms with Gasteiger partial charge < -0.3 is 53.9 Å². The van der Waals surface area contributed by atoms with Gasteiger partial charge in [0.25, 0.3) is 5.91 Å². The number of hydrogen-bond acceptors (Lipinski definition) is 8. The molecular formula is C43H52F4N10O8. The van der Waals surface area contributed by atoms with Gasteiger partial charge in [0.2, 0.25) is 29.5 Å². The molecule has 1 aromatic heterocycles. The number of amides is 6. The van der Waals surface area contributed by atoms with Gasteiger partial charge in [-0.1, -0.05) is 62.4 Å². The van der Waals surface area contributed by atoms with Crippen molar-refractivity contribution >= 4 is 58.3 Å². The quantitative estimate of drug-likeness (QED) is 0.0250. The lowest BCUT2D eigenvalue weighted by Gasteiger charge is -2.26. The fraction of sp³-hybridized carbons (Fsp3) is 0.349. The zero-order valence-corrected chi connectivity index (χ0v) is 35.4. The number of carboxylic acid groups (broad SMARTS) is 1. The molecule has 4 aromatic rings. The van der Waals surface area contributed by atoms with E-state index < -0.39 is 84.1 Å². The van der Waals surface area contributed by atoms with Crippen molar-refractivity contribution < 1.29 is 56.2 Å². The third-order valence-electron chi connectivity index (χ3n) is 9.37. The normalized spacial score (nSPS) is 12.8. The fourth-order valence-electron chi connectivity index (χ4n) is 6.20. The molecule has 0 fully saturated rings. The van der Waals surface area contributed by atoms with Crippen molar-refractivity contribution in [3.63, 3.8) is 0 Å². The summed E-state index contributed by atoms with van der Waals surface area (Å²) in [5, 5.41) is 21.2. The van der Waals surface area contributed by atoms with Gasteiger partial charge in [-0.2, -0.15) is 13.2 Å². The molecule has 18 nitrogen and oxygen atoms in total. The van der Waals surface area contributed by atoms with Gasteiger partial charge in [-0.3, -0.25) is 33.8 Å². The van der Waals surface area contributed by atoms with Crippen molar-refractivity contribution in [3.05, 3.63) is 108 Å². The maximum Gasteiger partial charge on any atom is 0.490 e. The first kappa shape index (κ1) is 51.8. The van der Waals surface area contributed by atoms with Crippen LogP contribution in [0.25, 0.3) is 10.9 Å². The maximum atomic E-state index is 13.8. The van der Waals surface area contributed by atoms with E-state index in [0.29, 0.717) is 0 Å². The molecule has 0 saturated carbocycles. The van der Waals surface area contributed by atoms with Gasteiger partial charge in [0.15, 0.2) is 5.96 Å². The Balaban J connectivity index is 0.00000148. The molecular weight excluding hydrogens is 861 g/mol. The Hall–Kier alpha value is -7.52. The summed E-state index contributed by atoms with van der Waals surface area (Å²) in [5.74, 6) is -7.67. The summed E-state index contributed by atoms with van der Waals surface area (Å²) in [4.78, 5) is 95.7. The van der Waals surface area contributed by atoms with Crippen LogP contribution in [-0.2, 0) is 41.6 Å². The molecule has 22 heteroatoms. The predicted octanol–water partition coefficient (Wildman–Crippen LogP) is 1.68. The van der Waals surface area contributed by atoms with Gasteiger partial charge in [0, 0.05) is 42.0 Å². The van der Waals surface area contributed by atoms with Gasteiger partial charge in [0.1, 0.15) is 30.0 Å². The number of hydrogen-bond donors (Lipinski definition) is 10. The molecule has 13 N–H and O–H groups in total. The minimum absolute atomic E-state index is 0.0672. The highest BCUT2D eigenvalue weighted by Crippen LogP contribution is 2.19. The van der Waals surface area contributed by atoms with Gasteiger partial charge in [-0.05, 0) is 66.6 Å². The van der Waals surface area contributed by atoms with E-state index in [1.54, 1.807) is 36.5 Å². The Bertz CT molecular complexity index is 2280. The number of aliphatic imine (C=N–C) groups is 1. The molecule has 0 radical (unpaired) electrons. The van der Waals surface area contributed by atoms with Crippen LogP contribution in [0.4, 0.5) is 17.6 Å². The van der Waals surface area contributed by atoms with E-state index in [1.165, 1.54) is 12.1 Å². The van der Waals surface area contributed by atoms with E-state index >= 15 is 0 Å². The third kappa shape index (κ3) is 18.0. The van der Waals surface area contributed by atoms with Crippen LogP contribution in [0.5, 0.6) is 0 Å². The van der Waals surface area contributed by atoms with Crippen LogP contribution in [0.15, 0.2) is 90.1 Å². The van der Waals surface area contributed by atoms with Crippen molar-refractivity contribution in [3.8, 4) is 0 Å². The number of fused-ring (bicyclic) bond motifs is 1. The first-order valence-corrected chi connectivity index (χ1v) is 20.1. The first-order valence-electron chi connectivity index (χ1n) is 20.1. The van der Waals surface area contributed by atoms with Crippen LogP contribution in [0.2, 0.25) is 0 Å². The van der Waals surface area contributed by atoms with E-state index in [-0.39, 0.29) is 56.1 Å². The van der Waals surface area contributed by atoms with Crippen LogP contribution >= 0.6 is 0 Å². The molecule has 0 saturated heterocycles. The minimum atomic E-state index is -5.08. The molecule has 4 rings (SSSR count). The molecule has 65 heavy (non-hydrogen) atoms. The Morgan fingerprint density at radius 2 is 1.34 bits per heavy atom. The Morgan fingerprint density at radius 3 is 1.94 bits per heavy atom. The van der Waals surface area contributed by atoms with E-state index in [2.05, 4.69) is 36.6 Å². The largest absolute Gasteiger partial charge is 0.490 e. The van der Waals surface area contributed by atoms with Gasteiger partial charge >= 0.3 is 12.1 Å². The van der Waals surface area contributed by atoms with Gasteiger partial charge in [-0.25, -0.2) is 9.18 Å². The number of rotatable bonds is 21. The lowest BCUT2D eigenvalue weighted by Crippen LogP contribution is -2.57. The number of H-pyrrole nitrogens is 1. The summed E-state index contributed by atoms with van der Waals surface area (Å²) in [6.45, 7) is 3.29. The van der Waals surface area contributed by atoms with Crippen molar-refractivity contribution in [1.82, 2.24) is 31.6 Å². The number of guanidine groups is 1. The second kappa shape index (κ2) is 24.9. The number of carbonyl (C=O) groups is 7. The summed E-state index contributed by atoms with van der Waals surface area (Å²) in [7, 11) is 0. The van der Waals surface area contributed by atoms with Gasteiger partial charge in [-0.15, -0.1) is 0 Å². The molecule has 0 aliphatic carbocycles. The number of carboxylic acids is 1. The Labute approximate surface area is 370 Å². The standard InChI is InChI=1S/C41H51FN10O6.C2HF3O2/c1-24(2)19-33(49-35(53)23-48-38(56)34(20-25-9-4-3-5-10-25)52-37(55)26-14-16-28(42)17-15-26)40(58)50-31(13-8-18-46-41(44)45)39(57)51-32(36(43)54)21-27-22-47-30-12-7-6-11-29(27)30;3-2(4,5)1(6)7/h3-7,9-12,14-17,22,24,31-34,47H,8,13,18-21,23H2,1-2H3,(H2,43,54)(H,48,56)(H,49,53)(H,50,58)(H,51,57)(H,52,55)(H4,44,45,46);(H,6,7)/t31-,32-,33+,34-;/m0./s1. The fourth-order valence-corrected chi connectivity index (χ4v) is 6.20. The number of aromatic nitrogens is 1. The zero-order chi connectivity index (χ0) is 48.3. The Kier molecular flexibility index (Phi) is 19.9. The first-order chi connectivity index (χ1) is 30.6. The van der Waals surface area contributed by atoms with Crippen LogP contribution in [0.3, 0.4) is 0 Å². The zero-order valence-electron chi connectivity index (χ0n) is 35.4. The second-order valence-corrected chi connectivity index (χ2v) is 15.0. The molecule has 0 aliphatic heterocycles. The predicted molar refractivity (Wildman–Crippen MR) is 231 cm³/mol. The number of nitrogens with two attached hydrogens (primary N) is 3. The minimum Gasteiger partial charge on any atom is -0.475 e. The van der Waals surface area contributed by atoms with E-state index in [4.69, 9.17) is 27.1 Å². The second-order valence-electron chi connectivity index (χ2n) is 15.0. The molecule has 4 atom stereocenters. The summed E-state index contributed by atoms with van der Waals surface area (Å²) < 4.78 is 45.2. The molecule has 1 heterocycles. The van der Waals surface area contributed by atoms with Crippen LogP contribution < -0.4 is 43.8 Å². The van der Waals surface area contributed by atoms with Crippen molar-refractivity contribution in [2.75, 3.05) is 13.1 Å². The number of primary amides is 1. The average molecular weight is 913 g/mol. The summed E-state index contributed by atoms with van der Waals surface area (Å²) >= 11 is 0. The van der Waals surface area contributed by atoms with Crippen molar-refractivity contribution in [2.24, 2.45) is 28.1 Å². The lowest BCUT2D eigenvalue weighted by atomic mass is 10.0. The van der Waals surface area contributed by atoms with Crippen LogP contribution in [0, 0.1) is 11.7 Å². The number of carbonyl (C=O) groups excluding carboxylic acids is 6. The number of aromatic amines is 1. The smallest absolute Gasteiger partial charge is 0.475 e. The number of halogens is 4. The summed E-state index contributed by atoms with van der Waals surface area (Å²) in [5.41, 5.74) is 19.1. The number of benzene rings is 3. The number of nitrogens with one attached hydrogen (secondary N) is 6. The van der Waals surface area contributed by atoms with Gasteiger partial charge in [0.05, 0.1) is 6.54 Å². The van der Waals surface area contributed by atoms with Crippen LogP contribution in [0.1, 0.15) is 54.6 Å². The van der Waals surface area contributed by atoms with Crippen molar-refractivity contribution in [1.29, 1.82) is 0 Å². The van der Waals surface area contributed by atoms with E-state index in [1.807, 2.05) is 38.1 Å². The summed E-state index contributed by atoms with van der Waals surface area (Å²) in [6.07, 6.45) is -2.67. The molecule has 0 spiro atoms. The number of nitrogens with zero attached hydrogens (tertiary/aromatic N) is 1. The maximum absolute atomic E-state index is 13.8. The SMILES string of the molecule is CC(C)C[C@@H](NC(=O)CNC(=O)[C@H](Cc1ccccc1)NC(=O)c1ccc(F)cc1)C(=O)N[C@@H](CCCN=C(N)N)C(=O)N[C@@H](Cc1c[nH]c2ccccc12)C(N)=O.O=C(O)C(F)(F)F. The third-order valence-corrected chi connectivity index (χ3v) is 9.37. The molecule has 3 aromatic carbocycles. The average Bonchev–Trinajstić information content (AvgIpc) is 3.65. The van der Waals surface area contributed by atoms with E-state index in [0.717, 1.165) is 34.2 Å². The highest BCUT2D eigenvalue weighted by atomic mass is 19.4. The summed E-state index contributed by atoms with van der Waals surface area (Å²) in [6, 6.07) is 16.6. The topological polar surface area (TPSA) is 306 Å². The highest BCUT2D eigenvalue weighted by Gasteiger charge is 2.38. The molecule has 0 bridgehead atoms. The number of aliphatic carboxylic acids is 1. The Morgan fingerprint density at radius 1 is 0.738 bits per heavy atom. The molecule has 6 amide bonds. The monoisotopic (exact) mass is 912 g/mol. The lowest BCUT2D eigenvalue weighted by molar-refractivity contribution is -0.192. The van der Waals surface area contributed by atoms with Crippen LogP contribution in [-0.4, -0.2) is 101 Å². The molecule has 0 aliphatic rings.